The third-order valence-electron chi connectivity index (χ3n) is 5.76. The Kier molecular flexibility index (Phi) is 8.10. The van der Waals surface area contributed by atoms with E-state index < -0.39 is 30.7 Å². The third kappa shape index (κ3) is 6.56. The molecule has 1 aliphatic rings. The van der Waals surface area contributed by atoms with Crippen molar-refractivity contribution < 1.29 is 37.3 Å². The summed E-state index contributed by atoms with van der Waals surface area (Å²) < 4.78 is 58.4. The number of anilines is 2. The number of halogens is 4. The molecule has 2 atom stereocenters. The highest BCUT2D eigenvalue weighted by Gasteiger charge is 2.38. The van der Waals surface area contributed by atoms with Crippen molar-refractivity contribution in [3.63, 3.8) is 0 Å². The molecule has 202 valence electrons. The van der Waals surface area contributed by atoms with Crippen LogP contribution in [0, 0.1) is 5.82 Å². The standard InChI is InChI=1S/C24H24F4N6O4/c25-20-17(31-12-19(35)24(26,27)28)6-1-7-18(20)38-21-15(5-2-9-29-21)16-8-10-30-22(33-16)32-14-4-3-11-34(13-14)23(36)37/h1-2,5-10,14,19,31,35H,3-4,11-13H2,(H,36,37)(H,30,32,33)/t14-,19?/m0/s1. The average Bonchev–Trinajstić information content (AvgIpc) is 2.89. The lowest BCUT2D eigenvalue weighted by atomic mass is 10.1. The number of carboxylic acid groups (broad SMARTS) is 1. The van der Waals surface area contributed by atoms with Crippen molar-refractivity contribution in [3.8, 4) is 22.9 Å². The molecule has 0 bridgehead atoms. The molecule has 3 aromatic rings. The molecule has 1 aromatic carbocycles. The maximum atomic E-state index is 15.0. The van der Waals surface area contributed by atoms with Gasteiger partial charge in [0, 0.05) is 38.1 Å². The van der Waals surface area contributed by atoms with Gasteiger partial charge in [-0.25, -0.2) is 24.1 Å². The van der Waals surface area contributed by atoms with Crippen LogP contribution in [-0.2, 0) is 0 Å². The van der Waals surface area contributed by atoms with Crippen molar-refractivity contribution in [1.82, 2.24) is 19.9 Å². The number of hydrogen-bond donors (Lipinski definition) is 4. The van der Waals surface area contributed by atoms with Gasteiger partial charge in [-0.1, -0.05) is 6.07 Å². The summed E-state index contributed by atoms with van der Waals surface area (Å²) in [4.78, 5) is 25.4. The molecule has 1 unspecified atom stereocenters. The summed E-state index contributed by atoms with van der Waals surface area (Å²) >= 11 is 0. The Balaban J connectivity index is 1.52. The fourth-order valence-electron chi connectivity index (χ4n) is 3.85. The Morgan fingerprint density at radius 3 is 2.76 bits per heavy atom. The second-order valence-corrected chi connectivity index (χ2v) is 8.49. The first-order chi connectivity index (χ1) is 18.1. The van der Waals surface area contributed by atoms with E-state index in [0.29, 0.717) is 24.2 Å². The first kappa shape index (κ1) is 26.9. The van der Waals surface area contributed by atoms with Gasteiger partial charge >= 0.3 is 12.3 Å². The number of carbonyl (C=O) groups is 1. The molecular weight excluding hydrogens is 512 g/mol. The predicted molar refractivity (Wildman–Crippen MR) is 129 cm³/mol. The van der Waals surface area contributed by atoms with Gasteiger partial charge in [-0.15, -0.1) is 0 Å². The second-order valence-electron chi connectivity index (χ2n) is 8.49. The van der Waals surface area contributed by atoms with Crippen LogP contribution in [0.4, 0.5) is 34.0 Å². The van der Waals surface area contributed by atoms with Crippen molar-refractivity contribution in [2.24, 2.45) is 0 Å². The number of aromatic nitrogens is 3. The van der Waals surface area contributed by atoms with Crippen LogP contribution in [0.25, 0.3) is 11.3 Å². The summed E-state index contributed by atoms with van der Waals surface area (Å²) in [5.74, 6) is -1.03. The largest absolute Gasteiger partial charge is 0.465 e. The molecule has 1 aliphatic heterocycles. The van der Waals surface area contributed by atoms with E-state index in [4.69, 9.17) is 4.74 Å². The number of nitrogens with zero attached hydrogens (tertiary/aromatic N) is 4. The fourth-order valence-corrected chi connectivity index (χ4v) is 3.85. The molecule has 0 spiro atoms. The zero-order valence-corrected chi connectivity index (χ0v) is 19.8. The molecule has 4 N–H and O–H groups in total. The summed E-state index contributed by atoms with van der Waals surface area (Å²) in [6.07, 6.45) is -4.17. The average molecular weight is 536 g/mol. The van der Waals surface area contributed by atoms with E-state index >= 15 is 0 Å². The normalized spacial score (nSPS) is 16.6. The van der Waals surface area contributed by atoms with Gasteiger partial charge in [-0.3, -0.25) is 0 Å². The number of piperidine rings is 1. The van der Waals surface area contributed by atoms with Gasteiger partial charge in [-0.05, 0) is 43.2 Å². The lowest BCUT2D eigenvalue weighted by Crippen LogP contribution is -2.44. The smallest absolute Gasteiger partial charge is 0.416 e. The summed E-state index contributed by atoms with van der Waals surface area (Å²) in [5.41, 5.74) is 0.484. The topological polar surface area (TPSA) is 133 Å². The summed E-state index contributed by atoms with van der Waals surface area (Å²) in [6.45, 7) is -0.199. The molecule has 0 saturated carbocycles. The molecule has 14 heteroatoms. The Bertz CT molecular complexity index is 1280. The number of likely N-dealkylation sites (tertiary alicyclic amines) is 1. The lowest BCUT2D eigenvalue weighted by Gasteiger charge is -2.31. The minimum atomic E-state index is -4.85. The lowest BCUT2D eigenvalue weighted by molar-refractivity contribution is -0.198. The summed E-state index contributed by atoms with van der Waals surface area (Å²) in [7, 11) is 0. The van der Waals surface area contributed by atoms with Crippen LogP contribution in [0.15, 0.2) is 48.8 Å². The monoisotopic (exact) mass is 536 g/mol. The first-order valence-electron chi connectivity index (χ1n) is 11.6. The van der Waals surface area contributed by atoms with Crippen molar-refractivity contribution in [2.45, 2.75) is 31.2 Å². The van der Waals surface area contributed by atoms with Crippen LogP contribution < -0.4 is 15.4 Å². The van der Waals surface area contributed by atoms with Gasteiger partial charge < -0.3 is 30.5 Å². The molecule has 1 amide bonds. The first-order valence-corrected chi connectivity index (χ1v) is 11.6. The van der Waals surface area contributed by atoms with E-state index in [0.717, 1.165) is 6.42 Å². The van der Waals surface area contributed by atoms with Gasteiger partial charge in [0.2, 0.25) is 11.8 Å². The third-order valence-corrected chi connectivity index (χ3v) is 5.76. The highest BCUT2D eigenvalue weighted by Crippen LogP contribution is 2.34. The second kappa shape index (κ2) is 11.5. The van der Waals surface area contributed by atoms with E-state index in [1.54, 1.807) is 18.2 Å². The molecule has 4 rings (SSSR count). The van der Waals surface area contributed by atoms with E-state index in [2.05, 4.69) is 25.6 Å². The number of rotatable bonds is 8. The van der Waals surface area contributed by atoms with Gasteiger partial charge in [0.1, 0.15) is 0 Å². The maximum absolute atomic E-state index is 15.0. The minimum absolute atomic E-state index is 0.0155. The Morgan fingerprint density at radius 1 is 1.18 bits per heavy atom. The molecule has 1 fully saturated rings. The van der Waals surface area contributed by atoms with E-state index in [1.165, 1.54) is 35.5 Å². The van der Waals surface area contributed by atoms with E-state index in [1.807, 2.05) is 0 Å². The van der Waals surface area contributed by atoms with Crippen LogP contribution in [0.3, 0.4) is 0 Å². The Morgan fingerprint density at radius 2 is 2.00 bits per heavy atom. The molecule has 38 heavy (non-hydrogen) atoms. The van der Waals surface area contributed by atoms with Crippen LogP contribution in [0.2, 0.25) is 0 Å². The van der Waals surface area contributed by atoms with E-state index in [9.17, 15) is 32.6 Å². The van der Waals surface area contributed by atoms with Crippen LogP contribution in [-0.4, -0.2) is 74.1 Å². The molecule has 0 aliphatic carbocycles. The number of ether oxygens (including phenoxy) is 1. The molecule has 1 saturated heterocycles. The SMILES string of the molecule is O=C(O)N1CCC[C@H](Nc2nccc(-c3cccnc3Oc3cccc(NCC(O)C(F)(F)F)c3F)n2)C1. The quantitative estimate of drug-likeness (QED) is 0.310. The van der Waals surface area contributed by atoms with E-state index in [-0.39, 0.29) is 35.9 Å². The molecule has 2 aromatic heterocycles. The number of aliphatic hydroxyl groups is 1. The van der Waals surface area contributed by atoms with Crippen molar-refractivity contribution in [2.75, 3.05) is 30.3 Å². The van der Waals surface area contributed by atoms with Gasteiger partial charge in [-0.2, -0.15) is 13.2 Å². The fraction of sp³-hybridized carbons (Fsp3) is 0.333. The minimum Gasteiger partial charge on any atom is -0.465 e. The number of amides is 1. The van der Waals surface area contributed by atoms with Gasteiger partial charge in [0.25, 0.3) is 0 Å². The van der Waals surface area contributed by atoms with Crippen molar-refractivity contribution >= 4 is 17.7 Å². The molecular formula is C24H24F4N6O4. The van der Waals surface area contributed by atoms with Crippen LogP contribution >= 0.6 is 0 Å². The number of hydrogen-bond acceptors (Lipinski definition) is 8. The van der Waals surface area contributed by atoms with Gasteiger partial charge in [0.05, 0.1) is 16.9 Å². The molecule has 10 nitrogen and oxygen atoms in total. The highest BCUT2D eigenvalue weighted by molar-refractivity contribution is 5.67. The van der Waals surface area contributed by atoms with Gasteiger partial charge in [0.15, 0.2) is 17.7 Å². The zero-order chi connectivity index (χ0) is 27.3. The Labute approximate surface area is 214 Å². The number of pyridine rings is 1. The summed E-state index contributed by atoms with van der Waals surface area (Å²) in [6, 6.07) is 8.54. The molecule has 3 heterocycles. The van der Waals surface area contributed by atoms with Crippen LogP contribution in [0.1, 0.15) is 12.8 Å². The Hall–Kier alpha value is -4.20. The van der Waals surface area contributed by atoms with Crippen molar-refractivity contribution in [3.05, 3.63) is 54.6 Å². The maximum Gasteiger partial charge on any atom is 0.416 e. The molecule has 0 radical (unpaired) electrons. The zero-order valence-electron chi connectivity index (χ0n) is 19.8. The number of alkyl halides is 3. The number of nitrogens with one attached hydrogen (secondary N) is 2. The predicted octanol–water partition coefficient (Wildman–Crippen LogP) is 4.36. The van der Waals surface area contributed by atoms with Crippen molar-refractivity contribution in [1.29, 1.82) is 0 Å². The number of aliphatic hydroxyl groups excluding tert-OH is 1. The highest BCUT2D eigenvalue weighted by atomic mass is 19.4. The summed E-state index contributed by atoms with van der Waals surface area (Å²) in [5, 5.41) is 23.8. The number of benzene rings is 1. The van der Waals surface area contributed by atoms with Crippen LogP contribution in [0.5, 0.6) is 11.6 Å².